The molecule has 2 unspecified atom stereocenters. The summed E-state index contributed by atoms with van der Waals surface area (Å²) in [7, 11) is 0. The van der Waals surface area contributed by atoms with E-state index in [1.807, 2.05) is 96.0 Å². The largest absolute Gasteiger partial charge is 0.456 e. The summed E-state index contributed by atoms with van der Waals surface area (Å²) >= 11 is 0. The number of rotatable bonds is 5. The number of hydrogen-bond donors (Lipinski definition) is 1. The molecule has 26 heavy (non-hydrogen) atoms. The van der Waals surface area contributed by atoms with Crippen molar-refractivity contribution in [3.05, 3.63) is 96.6 Å². The van der Waals surface area contributed by atoms with E-state index in [-0.39, 0.29) is 12.1 Å². The van der Waals surface area contributed by atoms with Crippen LogP contribution in [0.5, 0.6) is 0 Å². The summed E-state index contributed by atoms with van der Waals surface area (Å²) in [6.45, 7) is 0. The zero-order valence-electron chi connectivity index (χ0n) is 14.3. The van der Waals surface area contributed by atoms with Crippen molar-refractivity contribution in [2.24, 2.45) is 0 Å². The van der Waals surface area contributed by atoms with Crippen molar-refractivity contribution in [3.63, 3.8) is 0 Å². The van der Waals surface area contributed by atoms with E-state index in [0.29, 0.717) is 6.42 Å². The highest BCUT2D eigenvalue weighted by Gasteiger charge is 2.36. The summed E-state index contributed by atoms with van der Waals surface area (Å²) in [6.07, 6.45) is 0.383. The van der Waals surface area contributed by atoms with Gasteiger partial charge in [-0.25, -0.2) is 5.43 Å². The second-order valence-electron chi connectivity index (χ2n) is 6.26. The van der Waals surface area contributed by atoms with Gasteiger partial charge in [0.25, 0.3) is 0 Å². The van der Waals surface area contributed by atoms with Gasteiger partial charge in [-0.3, -0.25) is 9.80 Å². The lowest BCUT2D eigenvalue weighted by atomic mass is 10.1. The lowest BCUT2D eigenvalue weighted by Crippen LogP contribution is -2.44. The highest BCUT2D eigenvalue weighted by Crippen LogP contribution is 2.31. The van der Waals surface area contributed by atoms with Gasteiger partial charge in [-0.1, -0.05) is 66.7 Å². The number of carbonyl (C=O) groups excluding carboxylic acids is 1. The average Bonchev–Trinajstić information content (AvgIpc) is 3.08. The number of cyclic esters (lactones) is 1. The van der Waals surface area contributed by atoms with Gasteiger partial charge in [0, 0.05) is 6.42 Å². The van der Waals surface area contributed by atoms with E-state index in [9.17, 15) is 4.79 Å². The maximum atomic E-state index is 12.4. The molecule has 0 amide bonds. The highest BCUT2D eigenvalue weighted by atomic mass is 16.6. The molecular formula is C22H20N2O2. The second-order valence-corrected chi connectivity index (χ2v) is 6.26. The summed E-state index contributed by atoms with van der Waals surface area (Å²) in [5.41, 5.74) is 6.32. The molecule has 0 radical (unpaired) electrons. The number of hydrazine groups is 1. The van der Waals surface area contributed by atoms with Gasteiger partial charge in [0.2, 0.25) is 0 Å². The van der Waals surface area contributed by atoms with Crippen molar-refractivity contribution in [3.8, 4) is 0 Å². The van der Waals surface area contributed by atoms with E-state index in [1.54, 1.807) is 0 Å². The lowest BCUT2D eigenvalue weighted by molar-refractivity contribution is -0.143. The molecule has 0 aliphatic carbocycles. The Bertz CT molecular complexity index is 814. The zero-order valence-corrected chi connectivity index (χ0v) is 14.3. The van der Waals surface area contributed by atoms with Crippen LogP contribution in [0, 0.1) is 0 Å². The quantitative estimate of drug-likeness (QED) is 0.551. The van der Waals surface area contributed by atoms with Crippen molar-refractivity contribution in [1.82, 2.24) is 5.43 Å². The molecule has 1 saturated heterocycles. The number of benzene rings is 3. The molecule has 4 heteroatoms. The second kappa shape index (κ2) is 7.42. The van der Waals surface area contributed by atoms with Crippen LogP contribution in [0.3, 0.4) is 0 Å². The summed E-state index contributed by atoms with van der Waals surface area (Å²) in [5.74, 6) is -0.226. The smallest absolute Gasteiger partial charge is 0.325 e. The molecule has 3 aromatic carbocycles. The molecule has 4 rings (SSSR count). The van der Waals surface area contributed by atoms with Gasteiger partial charge < -0.3 is 4.74 Å². The third-order valence-corrected chi connectivity index (χ3v) is 4.48. The first-order chi connectivity index (χ1) is 12.8. The first kappa shape index (κ1) is 16.4. The van der Waals surface area contributed by atoms with Gasteiger partial charge in [0.15, 0.2) is 0 Å². The van der Waals surface area contributed by atoms with Crippen LogP contribution >= 0.6 is 0 Å². The molecule has 1 fully saturated rings. The average molecular weight is 344 g/mol. The number of hydrogen-bond acceptors (Lipinski definition) is 4. The molecule has 3 aromatic rings. The molecule has 0 aromatic heterocycles. The molecule has 1 N–H and O–H groups in total. The van der Waals surface area contributed by atoms with Gasteiger partial charge in [0.05, 0.1) is 11.4 Å². The minimum absolute atomic E-state index is 0.213. The van der Waals surface area contributed by atoms with Crippen LogP contribution in [0.4, 0.5) is 11.4 Å². The number of para-hydroxylation sites is 2. The van der Waals surface area contributed by atoms with E-state index in [4.69, 9.17) is 4.74 Å². The number of ether oxygens (including phenoxy) is 1. The Morgan fingerprint density at radius 1 is 0.769 bits per heavy atom. The molecule has 130 valence electrons. The Hall–Kier alpha value is -3.11. The summed E-state index contributed by atoms with van der Waals surface area (Å²) in [6, 6.07) is 29.4. The van der Waals surface area contributed by atoms with Crippen LogP contribution in [-0.4, -0.2) is 12.0 Å². The Kier molecular flexibility index (Phi) is 4.67. The molecule has 1 heterocycles. The van der Waals surface area contributed by atoms with Gasteiger partial charge in [-0.15, -0.1) is 0 Å². The number of esters is 1. The summed E-state index contributed by atoms with van der Waals surface area (Å²) < 4.78 is 5.60. The third-order valence-electron chi connectivity index (χ3n) is 4.48. The van der Waals surface area contributed by atoms with Crippen molar-refractivity contribution in [2.45, 2.75) is 18.6 Å². The molecule has 0 spiro atoms. The normalized spacial score (nSPS) is 19.2. The minimum atomic E-state index is -0.402. The van der Waals surface area contributed by atoms with Crippen LogP contribution in [0.1, 0.15) is 18.1 Å². The zero-order chi connectivity index (χ0) is 17.8. The van der Waals surface area contributed by atoms with E-state index >= 15 is 0 Å². The lowest BCUT2D eigenvalue weighted by Gasteiger charge is -2.27. The van der Waals surface area contributed by atoms with Crippen molar-refractivity contribution < 1.29 is 9.53 Å². The predicted molar refractivity (Wildman–Crippen MR) is 102 cm³/mol. The fourth-order valence-electron chi connectivity index (χ4n) is 3.17. The minimum Gasteiger partial charge on any atom is -0.456 e. The van der Waals surface area contributed by atoms with Gasteiger partial charge >= 0.3 is 5.97 Å². The molecule has 0 bridgehead atoms. The Morgan fingerprint density at radius 3 is 1.81 bits per heavy atom. The summed E-state index contributed by atoms with van der Waals surface area (Å²) in [4.78, 5) is 12.4. The van der Waals surface area contributed by atoms with E-state index in [0.717, 1.165) is 16.9 Å². The van der Waals surface area contributed by atoms with Gasteiger partial charge in [-0.05, 0) is 29.8 Å². The first-order valence-corrected chi connectivity index (χ1v) is 8.73. The van der Waals surface area contributed by atoms with Crippen molar-refractivity contribution >= 4 is 17.3 Å². The van der Waals surface area contributed by atoms with E-state index < -0.39 is 6.04 Å². The molecule has 2 atom stereocenters. The maximum absolute atomic E-state index is 12.4. The fraction of sp³-hybridized carbons (Fsp3) is 0.136. The van der Waals surface area contributed by atoms with Crippen LogP contribution in [0.2, 0.25) is 0 Å². The Morgan fingerprint density at radius 2 is 1.27 bits per heavy atom. The molecule has 0 saturated carbocycles. The predicted octanol–water partition coefficient (Wildman–Crippen LogP) is 4.39. The standard InChI is InChI=1S/C22H20N2O2/c25-22-20(16-21(26-22)17-10-4-1-5-11-17)23-24(18-12-6-2-7-13-18)19-14-8-3-9-15-19/h1-15,20-21,23H,16H2. The number of nitrogens with zero attached hydrogens (tertiary/aromatic N) is 1. The van der Waals surface area contributed by atoms with Crippen molar-refractivity contribution in [1.29, 1.82) is 0 Å². The van der Waals surface area contributed by atoms with E-state index in [1.165, 1.54) is 0 Å². The summed E-state index contributed by atoms with van der Waals surface area (Å²) in [5, 5.41) is 1.94. The SMILES string of the molecule is O=C1OC(c2ccccc2)CC1NN(c1ccccc1)c1ccccc1. The molecule has 1 aliphatic rings. The van der Waals surface area contributed by atoms with Crippen molar-refractivity contribution in [2.75, 3.05) is 5.01 Å². The van der Waals surface area contributed by atoms with Crippen LogP contribution in [-0.2, 0) is 9.53 Å². The Labute approximate surface area is 153 Å². The van der Waals surface area contributed by atoms with Crippen LogP contribution < -0.4 is 10.4 Å². The monoisotopic (exact) mass is 344 g/mol. The van der Waals surface area contributed by atoms with Crippen LogP contribution in [0.25, 0.3) is 0 Å². The number of carbonyl (C=O) groups is 1. The maximum Gasteiger partial charge on any atom is 0.325 e. The Balaban J connectivity index is 1.57. The highest BCUT2D eigenvalue weighted by molar-refractivity contribution is 5.79. The fourth-order valence-corrected chi connectivity index (χ4v) is 3.17. The number of anilines is 2. The first-order valence-electron chi connectivity index (χ1n) is 8.73. The molecular weight excluding hydrogens is 324 g/mol. The third kappa shape index (κ3) is 3.46. The molecule has 1 aliphatic heterocycles. The molecule has 4 nitrogen and oxygen atoms in total. The number of nitrogens with one attached hydrogen (secondary N) is 1. The van der Waals surface area contributed by atoms with E-state index in [2.05, 4.69) is 5.43 Å². The van der Waals surface area contributed by atoms with Crippen LogP contribution in [0.15, 0.2) is 91.0 Å². The van der Waals surface area contributed by atoms with Gasteiger partial charge in [-0.2, -0.15) is 0 Å². The topological polar surface area (TPSA) is 41.6 Å². The van der Waals surface area contributed by atoms with Gasteiger partial charge in [0.1, 0.15) is 12.1 Å².